The molecule has 0 amide bonds. The summed E-state index contributed by atoms with van der Waals surface area (Å²) in [6, 6.07) is 13.3. The second-order valence-electron chi connectivity index (χ2n) is 5.17. The van der Waals surface area contributed by atoms with Gasteiger partial charge in [0.15, 0.2) is 17.6 Å². The quantitative estimate of drug-likeness (QED) is 0.942. The normalized spacial score (nSPS) is 18.1. The summed E-state index contributed by atoms with van der Waals surface area (Å²) in [6.45, 7) is 2.45. The van der Waals surface area contributed by atoms with E-state index >= 15 is 0 Å². The van der Waals surface area contributed by atoms with Crippen LogP contribution in [0.3, 0.4) is 0 Å². The first-order valence-corrected chi connectivity index (χ1v) is 6.97. The van der Waals surface area contributed by atoms with Crippen LogP contribution in [0.5, 0.6) is 17.2 Å². The van der Waals surface area contributed by atoms with Gasteiger partial charge in [0.05, 0.1) is 13.2 Å². The van der Waals surface area contributed by atoms with Gasteiger partial charge in [0.25, 0.3) is 0 Å². The van der Waals surface area contributed by atoms with E-state index in [0.717, 1.165) is 28.4 Å². The Labute approximate surface area is 124 Å². The van der Waals surface area contributed by atoms with Gasteiger partial charge < -0.3 is 19.9 Å². The molecular weight excluding hydrogens is 266 g/mol. The third-order valence-electron chi connectivity index (χ3n) is 3.73. The zero-order valence-electron chi connectivity index (χ0n) is 12.2. The molecule has 110 valence electrons. The Kier molecular flexibility index (Phi) is 3.71. The molecule has 2 unspecified atom stereocenters. The number of nitrogens with two attached hydrogens (primary N) is 1. The van der Waals surface area contributed by atoms with E-state index in [1.165, 1.54) is 0 Å². The molecular formula is C17H19NO3. The number of hydrogen-bond acceptors (Lipinski definition) is 4. The molecule has 2 aromatic carbocycles. The van der Waals surface area contributed by atoms with Gasteiger partial charge in [0.2, 0.25) is 0 Å². The summed E-state index contributed by atoms with van der Waals surface area (Å²) in [7, 11) is 1.66. The number of aryl methyl sites for hydroxylation is 1. The van der Waals surface area contributed by atoms with E-state index < -0.39 is 0 Å². The maximum Gasteiger partial charge on any atom is 0.161 e. The van der Waals surface area contributed by atoms with Crippen LogP contribution in [0.15, 0.2) is 42.5 Å². The first kappa shape index (κ1) is 13.8. The molecule has 21 heavy (non-hydrogen) atoms. The van der Waals surface area contributed by atoms with E-state index in [2.05, 4.69) is 0 Å². The number of fused-ring (bicyclic) bond motifs is 1. The Morgan fingerprint density at radius 2 is 1.95 bits per heavy atom. The fourth-order valence-corrected chi connectivity index (χ4v) is 2.54. The second-order valence-corrected chi connectivity index (χ2v) is 5.17. The molecule has 0 aliphatic carbocycles. The molecule has 0 spiro atoms. The maximum atomic E-state index is 6.34. The van der Waals surface area contributed by atoms with Crippen molar-refractivity contribution in [3.63, 3.8) is 0 Å². The van der Waals surface area contributed by atoms with E-state index in [-0.39, 0.29) is 12.1 Å². The second kappa shape index (κ2) is 5.66. The van der Waals surface area contributed by atoms with Crippen molar-refractivity contribution in [1.29, 1.82) is 0 Å². The smallest absolute Gasteiger partial charge is 0.161 e. The number of rotatable bonds is 3. The van der Waals surface area contributed by atoms with Crippen LogP contribution in [0.25, 0.3) is 0 Å². The number of hydrogen-bond donors (Lipinski definition) is 1. The van der Waals surface area contributed by atoms with Crippen molar-refractivity contribution in [2.45, 2.75) is 19.1 Å². The predicted octanol–water partition coefficient (Wildman–Crippen LogP) is 2.84. The maximum absolute atomic E-state index is 6.34. The van der Waals surface area contributed by atoms with Gasteiger partial charge in [-0.2, -0.15) is 0 Å². The SMILES string of the molecule is COc1ccc(C(N)C2COc3ccccc3O2)cc1C. The molecule has 4 nitrogen and oxygen atoms in total. The zero-order chi connectivity index (χ0) is 14.8. The molecule has 0 fully saturated rings. The molecule has 2 aromatic rings. The van der Waals surface area contributed by atoms with Crippen molar-refractivity contribution in [3.8, 4) is 17.2 Å². The van der Waals surface area contributed by atoms with Crippen molar-refractivity contribution in [2.24, 2.45) is 5.73 Å². The van der Waals surface area contributed by atoms with E-state index in [0.29, 0.717) is 6.61 Å². The van der Waals surface area contributed by atoms with E-state index in [9.17, 15) is 0 Å². The lowest BCUT2D eigenvalue weighted by molar-refractivity contribution is 0.0721. The van der Waals surface area contributed by atoms with Crippen molar-refractivity contribution >= 4 is 0 Å². The standard InChI is InChI=1S/C17H19NO3/c1-11-9-12(7-8-13(11)19-2)17(18)16-10-20-14-5-3-4-6-15(14)21-16/h3-9,16-17H,10,18H2,1-2H3. The number of methoxy groups -OCH3 is 1. The third kappa shape index (κ3) is 2.67. The van der Waals surface area contributed by atoms with Crippen LogP contribution in [0.1, 0.15) is 17.2 Å². The van der Waals surface area contributed by atoms with Gasteiger partial charge in [-0.05, 0) is 36.2 Å². The van der Waals surface area contributed by atoms with Crippen LogP contribution in [-0.2, 0) is 0 Å². The highest BCUT2D eigenvalue weighted by Gasteiger charge is 2.27. The van der Waals surface area contributed by atoms with Gasteiger partial charge in [-0.15, -0.1) is 0 Å². The monoisotopic (exact) mass is 285 g/mol. The average Bonchev–Trinajstić information content (AvgIpc) is 2.53. The fraction of sp³-hybridized carbons (Fsp3) is 0.294. The minimum Gasteiger partial charge on any atom is -0.496 e. The van der Waals surface area contributed by atoms with E-state index in [1.807, 2.05) is 49.4 Å². The van der Waals surface area contributed by atoms with Crippen LogP contribution in [0, 0.1) is 6.92 Å². The third-order valence-corrected chi connectivity index (χ3v) is 3.73. The van der Waals surface area contributed by atoms with Crippen molar-refractivity contribution in [3.05, 3.63) is 53.6 Å². The Morgan fingerprint density at radius 3 is 2.67 bits per heavy atom. The van der Waals surface area contributed by atoms with Crippen LogP contribution in [-0.4, -0.2) is 19.8 Å². The van der Waals surface area contributed by atoms with Crippen LogP contribution in [0.2, 0.25) is 0 Å². The summed E-state index contributed by atoms with van der Waals surface area (Å²) < 4.78 is 17.0. The highest BCUT2D eigenvalue weighted by molar-refractivity contribution is 5.42. The Bertz CT molecular complexity index is 642. The van der Waals surface area contributed by atoms with E-state index in [1.54, 1.807) is 7.11 Å². The van der Waals surface area contributed by atoms with Crippen molar-refractivity contribution in [1.82, 2.24) is 0 Å². The number of benzene rings is 2. The lowest BCUT2D eigenvalue weighted by Gasteiger charge is -2.30. The molecule has 1 heterocycles. The van der Waals surface area contributed by atoms with Crippen LogP contribution in [0.4, 0.5) is 0 Å². The molecule has 0 bridgehead atoms. The summed E-state index contributed by atoms with van der Waals surface area (Å²) in [6.07, 6.45) is -0.201. The van der Waals surface area contributed by atoms with Gasteiger partial charge >= 0.3 is 0 Å². The number of para-hydroxylation sites is 2. The molecule has 0 radical (unpaired) electrons. The van der Waals surface area contributed by atoms with Crippen molar-refractivity contribution in [2.75, 3.05) is 13.7 Å². The molecule has 2 atom stereocenters. The lowest BCUT2D eigenvalue weighted by Crippen LogP contribution is -2.38. The summed E-state index contributed by atoms with van der Waals surface area (Å²) in [5.74, 6) is 2.37. The molecule has 2 N–H and O–H groups in total. The molecule has 0 aromatic heterocycles. The topological polar surface area (TPSA) is 53.7 Å². The van der Waals surface area contributed by atoms with Crippen LogP contribution >= 0.6 is 0 Å². The van der Waals surface area contributed by atoms with Gasteiger partial charge in [0.1, 0.15) is 12.4 Å². The molecule has 3 rings (SSSR count). The molecule has 1 aliphatic rings. The Hall–Kier alpha value is -2.20. The summed E-state index contributed by atoms with van der Waals surface area (Å²) in [4.78, 5) is 0. The summed E-state index contributed by atoms with van der Waals surface area (Å²) in [5, 5.41) is 0. The predicted molar refractivity (Wildman–Crippen MR) is 81.0 cm³/mol. The summed E-state index contributed by atoms with van der Waals surface area (Å²) in [5.41, 5.74) is 8.41. The largest absolute Gasteiger partial charge is 0.496 e. The minimum atomic E-state index is -0.247. The first-order valence-electron chi connectivity index (χ1n) is 6.97. The first-order chi connectivity index (χ1) is 10.2. The fourth-order valence-electron chi connectivity index (χ4n) is 2.54. The minimum absolute atomic E-state index is 0.201. The molecule has 4 heteroatoms. The highest BCUT2D eigenvalue weighted by Crippen LogP contribution is 2.34. The molecule has 1 aliphatic heterocycles. The zero-order valence-corrected chi connectivity index (χ0v) is 12.2. The Morgan fingerprint density at radius 1 is 1.19 bits per heavy atom. The van der Waals surface area contributed by atoms with Gasteiger partial charge in [0, 0.05) is 0 Å². The van der Waals surface area contributed by atoms with Crippen molar-refractivity contribution < 1.29 is 14.2 Å². The Balaban J connectivity index is 1.80. The van der Waals surface area contributed by atoms with Gasteiger partial charge in [-0.3, -0.25) is 0 Å². The number of ether oxygens (including phenoxy) is 3. The average molecular weight is 285 g/mol. The molecule has 0 saturated heterocycles. The lowest BCUT2D eigenvalue weighted by atomic mass is 9.99. The van der Waals surface area contributed by atoms with Gasteiger partial charge in [-0.1, -0.05) is 24.3 Å². The molecule has 0 saturated carbocycles. The highest BCUT2D eigenvalue weighted by atomic mass is 16.6. The van der Waals surface area contributed by atoms with E-state index in [4.69, 9.17) is 19.9 Å². The summed E-state index contributed by atoms with van der Waals surface area (Å²) >= 11 is 0. The van der Waals surface area contributed by atoms with Crippen LogP contribution < -0.4 is 19.9 Å². The van der Waals surface area contributed by atoms with Gasteiger partial charge in [-0.25, -0.2) is 0 Å².